The van der Waals surface area contributed by atoms with Crippen molar-refractivity contribution in [3.05, 3.63) is 76.5 Å². The van der Waals surface area contributed by atoms with Crippen LogP contribution in [0.15, 0.2) is 64.2 Å². The molecule has 0 spiro atoms. The molecule has 0 radical (unpaired) electrons. The van der Waals surface area contributed by atoms with E-state index in [4.69, 9.17) is 9.51 Å². The van der Waals surface area contributed by atoms with Gasteiger partial charge in [0.25, 0.3) is 5.56 Å². The highest BCUT2D eigenvalue weighted by molar-refractivity contribution is 5.68. The van der Waals surface area contributed by atoms with Gasteiger partial charge in [-0.15, -0.1) is 0 Å². The topological polar surface area (TPSA) is 85.8 Å². The van der Waals surface area contributed by atoms with E-state index >= 15 is 0 Å². The molecule has 0 amide bonds. The van der Waals surface area contributed by atoms with Crippen molar-refractivity contribution >= 4 is 0 Å². The third kappa shape index (κ3) is 5.02. The number of nitrogens with one attached hydrogen (secondary N) is 1. The molecule has 0 atom stereocenters. The molecule has 3 aromatic heterocycles. The van der Waals surface area contributed by atoms with E-state index in [1.165, 1.54) is 18.4 Å². The van der Waals surface area contributed by atoms with Gasteiger partial charge in [0.1, 0.15) is 11.4 Å². The number of nitrogens with zero attached hydrogens (tertiary/aromatic N) is 4. The van der Waals surface area contributed by atoms with Crippen molar-refractivity contribution < 1.29 is 4.52 Å². The monoisotopic (exact) mass is 483 g/mol. The zero-order valence-electron chi connectivity index (χ0n) is 21.4. The van der Waals surface area contributed by atoms with Gasteiger partial charge in [0.05, 0.1) is 17.6 Å². The molecule has 3 heterocycles. The predicted octanol–water partition coefficient (Wildman–Crippen LogP) is 5.94. The van der Waals surface area contributed by atoms with Crippen LogP contribution >= 0.6 is 0 Å². The molecule has 1 aliphatic rings. The zero-order valence-corrected chi connectivity index (χ0v) is 21.4. The van der Waals surface area contributed by atoms with Crippen LogP contribution in [0.1, 0.15) is 63.8 Å². The Morgan fingerprint density at radius 1 is 1.06 bits per heavy atom. The Morgan fingerprint density at radius 3 is 2.47 bits per heavy atom. The van der Waals surface area contributed by atoms with Gasteiger partial charge in [-0.3, -0.25) is 9.78 Å². The minimum atomic E-state index is -0.00356. The Hall–Kier alpha value is -3.58. The molecule has 186 valence electrons. The molecule has 1 aromatic carbocycles. The van der Waals surface area contributed by atoms with Crippen LogP contribution in [0, 0.1) is 6.92 Å². The van der Waals surface area contributed by atoms with Gasteiger partial charge in [-0.05, 0) is 51.2 Å². The molecule has 7 heteroatoms. The van der Waals surface area contributed by atoms with Gasteiger partial charge in [0.2, 0.25) is 0 Å². The number of hydrogen-bond acceptors (Lipinski definition) is 6. The van der Waals surface area contributed by atoms with E-state index in [1.54, 1.807) is 22.9 Å². The lowest BCUT2D eigenvalue weighted by Gasteiger charge is -2.17. The fraction of sp³-hybridized carbons (Fsp3) is 0.379. The highest BCUT2D eigenvalue weighted by Crippen LogP contribution is 2.34. The first-order valence-electron chi connectivity index (χ1n) is 12.8. The Labute approximate surface area is 211 Å². The van der Waals surface area contributed by atoms with E-state index in [9.17, 15) is 4.79 Å². The Morgan fingerprint density at radius 2 is 1.78 bits per heavy atom. The lowest BCUT2D eigenvalue weighted by atomic mass is 10.1. The number of aryl methyl sites for hydroxylation is 1. The second-order valence-electron chi connectivity index (χ2n) is 10.0. The normalized spacial score (nSPS) is 14.4. The predicted molar refractivity (Wildman–Crippen MR) is 141 cm³/mol. The largest absolute Gasteiger partial charge is 0.354 e. The average molecular weight is 484 g/mol. The van der Waals surface area contributed by atoms with Gasteiger partial charge >= 0.3 is 0 Å². The van der Waals surface area contributed by atoms with Crippen molar-refractivity contribution in [1.29, 1.82) is 0 Å². The lowest BCUT2D eigenvalue weighted by molar-refractivity contribution is 0.433. The SMILES string of the molecule is CCC(CC)n1cc(-c2cnc(C)c(-c3cc(-c4ccc(CNC5(C)CC5)cc4)no3)n2)ccc1=O. The van der Waals surface area contributed by atoms with Crippen LogP contribution in [0.4, 0.5) is 0 Å². The quantitative estimate of drug-likeness (QED) is 0.317. The first-order valence-corrected chi connectivity index (χ1v) is 12.8. The van der Waals surface area contributed by atoms with Crippen molar-refractivity contribution in [3.63, 3.8) is 0 Å². The average Bonchev–Trinajstić information content (AvgIpc) is 3.43. The van der Waals surface area contributed by atoms with Gasteiger partial charge in [-0.2, -0.15) is 0 Å². The van der Waals surface area contributed by atoms with E-state index in [0.29, 0.717) is 22.7 Å². The van der Waals surface area contributed by atoms with E-state index < -0.39 is 0 Å². The summed E-state index contributed by atoms with van der Waals surface area (Å²) in [5.41, 5.74) is 6.25. The maximum Gasteiger partial charge on any atom is 0.250 e. The third-order valence-corrected chi connectivity index (χ3v) is 7.24. The fourth-order valence-electron chi connectivity index (χ4n) is 4.44. The van der Waals surface area contributed by atoms with Crippen molar-refractivity contribution in [2.24, 2.45) is 0 Å². The van der Waals surface area contributed by atoms with Crippen molar-refractivity contribution in [2.45, 2.75) is 71.5 Å². The summed E-state index contributed by atoms with van der Waals surface area (Å²) in [6.45, 7) is 9.23. The van der Waals surface area contributed by atoms with Gasteiger partial charge < -0.3 is 14.4 Å². The molecule has 1 N–H and O–H groups in total. The molecule has 7 nitrogen and oxygen atoms in total. The van der Waals surface area contributed by atoms with E-state index in [0.717, 1.165) is 41.9 Å². The summed E-state index contributed by atoms with van der Waals surface area (Å²) in [5.74, 6) is 0.567. The molecule has 1 aliphatic carbocycles. The van der Waals surface area contributed by atoms with E-state index in [2.05, 4.69) is 60.5 Å². The highest BCUT2D eigenvalue weighted by atomic mass is 16.5. The summed E-state index contributed by atoms with van der Waals surface area (Å²) in [5, 5.41) is 7.91. The molecule has 0 saturated heterocycles. The van der Waals surface area contributed by atoms with Crippen LogP contribution in [0.2, 0.25) is 0 Å². The Kier molecular flexibility index (Phi) is 6.58. The minimum Gasteiger partial charge on any atom is -0.354 e. The second kappa shape index (κ2) is 9.82. The van der Waals surface area contributed by atoms with Gasteiger partial charge in [-0.1, -0.05) is 43.3 Å². The molecule has 1 saturated carbocycles. The summed E-state index contributed by atoms with van der Waals surface area (Å²) in [4.78, 5) is 21.9. The van der Waals surface area contributed by atoms with Crippen LogP contribution in [-0.2, 0) is 6.54 Å². The van der Waals surface area contributed by atoms with E-state index in [1.807, 2.05) is 19.2 Å². The van der Waals surface area contributed by atoms with Crippen molar-refractivity contribution in [3.8, 4) is 34.0 Å². The molecule has 0 aliphatic heterocycles. The molecular weight excluding hydrogens is 450 g/mol. The lowest BCUT2D eigenvalue weighted by Crippen LogP contribution is -2.26. The Bertz CT molecular complexity index is 1410. The molecule has 1 fully saturated rings. The number of benzene rings is 1. The smallest absolute Gasteiger partial charge is 0.250 e. The standard InChI is InChI=1S/C29H33N5O2/c1-5-23(6-2)34-18-22(11-12-27(34)35)25-17-30-19(3)28(32-25)26-15-24(33-36-26)21-9-7-20(8-10-21)16-31-29(4)13-14-29/h7-12,15,17-18,23,31H,5-6,13-14,16H2,1-4H3. The van der Waals surface area contributed by atoms with Crippen LogP contribution < -0.4 is 10.9 Å². The third-order valence-electron chi connectivity index (χ3n) is 7.24. The molecule has 36 heavy (non-hydrogen) atoms. The summed E-state index contributed by atoms with van der Waals surface area (Å²) < 4.78 is 7.50. The maximum atomic E-state index is 12.4. The number of pyridine rings is 1. The number of aromatic nitrogens is 4. The van der Waals surface area contributed by atoms with Crippen LogP contribution in [0.3, 0.4) is 0 Å². The molecule has 0 unspecified atom stereocenters. The van der Waals surface area contributed by atoms with Gasteiger partial charge in [-0.25, -0.2) is 4.98 Å². The summed E-state index contributed by atoms with van der Waals surface area (Å²) >= 11 is 0. The first kappa shape index (κ1) is 24.1. The maximum absolute atomic E-state index is 12.4. The summed E-state index contributed by atoms with van der Waals surface area (Å²) in [6.07, 6.45) is 7.90. The molecule has 5 rings (SSSR count). The Balaban J connectivity index is 1.39. The van der Waals surface area contributed by atoms with Crippen LogP contribution in [-0.4, -0.2) is 25.2 Å². The summed E-state index contributed by atoms with van der Waals surface area (Å²) in [6, 6.07) is 13.9. The minimum absolute atomic E-state index is 0.00356. The first-order chi connectivity index (χ1) is 17.4. The van der Waals surface area contributed by atoms with Crippen molar-refractivity contribution in [2.75, 3.05) is 0 Å². The molecular formula is C29H33N5O2. The fourth-order valence-corrected chi connectivity index (χ4v) is 4.44. The second-order valence-corrected chi connectivity index (χ2v) is 10.0. The van der Waals surface area contributed by atoms with Gasteiger partial charge in [0.15, 0.2) is 5.76 Å². The van der Waals surface area contributed by atoms with Crippen LogP contribution in [0.5, 0.6) is 0 Å². The highest BCUT2D eigenvalue weighted by Gasteiger charge is 2.36. The molecule has 0 bridgehead atoms. The van der Waals surface area contributed by atoms with E-state index in [-0.39, 0.29) is 11.6 Å². The number of rotatable bonds is 9. The zero-order chi connectivity index (χ0) is 25.3. The number of hydrogen-bond donors (Lipinski definition) is 1. The summed E-state index contributed by atoms with van der Waals surface area (Å²) in [7, 11) is 0. The van der Waals surface area contributed by atoms with Crippen LogP contribution in [0.25, 0.3) is 34.0 Å². The van der Waals surface area contributed by atoms with Crippen molar-refractivity contribution in [1.82, 2.24) is 25.0 Å². The molecule has 4 aromatic rings. The van der Waals surface area contributed by atoms with Gasteiger partial charge in [0, 0.05) is 47.6 Å².